The largest absolute Gasteiger partial charge is 0.469 e. The van der Waals surface area contributed by atoms with Gasteiger partial charge in [0.25, 0.3) is 0 Å². The lowest BCUT2D eigenvalue weighted by atomic mass is 10.2. The maximum atomic E-state index is 11.9. The summed E-state index contributed by atoms with van der Waals surface area (Å²) >= 11 is 0. The molecule has 0 atom stereocenters. The lowest BCUT2D eigenvalue weighted by molar-refractivity contribution is -0.140. The summed E-state index contributed by atoms with van der Waals surface area (Å²) in [5, 5.41) is 3.03. The zero-order chi connectivity index (χ0) is 15.2. The van der Waals surface area contributed by atoms with Crippen molar-refractivity contribution in [1.82, 2.24) is 10.2 Å². The molecule has 0 aromatic heterocycles. The Balaban J connectivity index is 2.40. The smallest absolute Gasteiger partial charge is 0.410 e. The molecule has 1 amide bonds. The van der Waals surface area contributed by atoms with Gasteiger partial charge in [0.1, 0.15) is 11.4 Å². The summed E-state index contributed by atoms with van der Waals surface area (Å²) < 4.78 is 9.87. The van der Waals surface area contributed by atoms with Crippen molar-refractivity contribution in [1.29, 1.82) is 0 Å². The molecule has 7 nitrogen and oxygen atoms in total. The van der Waals surface area contributed by atoms with Crippen molar-refractivity contribution in [2.75, 3.05) is 33.3 Å². The van der Waals surface area contributed by atoms with Crippen LogP contribution in [0.1, 0.15) is 27.2 Å². The van der Waals surface area contributed by atoms with Gasteiger partial charge in [0.2, 0.25) is 0 Å². The Morgan fingerprint density at radius 2 is 2.10 bits per heavy atom. The molecule has 0 aliphatic carbocycles. The number of hydrogen-bond donors (Lipinski definition) is 1. The Labute approximate surface area is 119 Å². The number of esters is 1. The molecule has 1 heterocycles. The summed E-state index contributed by atoms with van der Waals surface area (Å²) in [4.78, 5) is 28.8. The van der Waals surface area contributed by atoms with Crippen LogP contribution < -0.4 is 5.32 Å². The lowest BCUT2D eigenvalue weighted by Gasteiger charge is -2.29. The summed E-state index contributed by atoms with van der Waals surface area (Å²) in [5.41, 5.74) is -0.510. The standard InChI is InChI=1S/C13H23N3O4/c1-13(2,3)20-12(18)16-8-7-15-10(9-16)14-6-5-11(17)19-4/h5-9H2,1-4H3,(H,14,15). The van der Waals surface area contributed by atoms with Gasteiger partial charge in [-0.3, -0.25) is 14.7 Å². The summed E-state index contributed by atoms with van der Waals surface area (Å²) in [6, 6.07) is 0. The fourth-order valence-corrected chi connectivity index (χ4v) is 1.62. The maximum Gasteiger partial charge on any atom is 0.410 e. The first-order valence-corrected chi connectivity index (χ1v) is 6.64. The van der Waals surface area contributed by atoms with Gasteiger partial charge in [-0.1, -0.05) is 0 Å². The minimum absolute atomic E-state index is 0.266. The number of nitrogens with one attached hydrogen (secondary N) is 1. The average molecular weight is 285 g/mol. The van der Waals surface area contributed by atoms with Crippen LogP contribution in [0.5, 0.6) is 0 Å². The van der Waals surface area contributed by atoms with Crippen LogP contribution in [0.15, 0.2) is 4.99 Å². The number of amides is 1. The van der Waals surface area contributed by atoms with E-state index in [9.17, 15) is 9.59 Å². The van der Waals surface area contributed by atoms with Crippen LogP contribution in [0.25, 0.3) is 0 Å². The molecular weight excluding hydrogens is 262 g/mol. The van der Waals surface area contributed by atoms with E-state index in [4.69, 9.17) is 4.74 Å². The SMILES string of the molecule is COC(=O)CCNC1=NCCN(C(=O)OC(C)(C)C)C1. The summed E-state index contributed by atoms with van der Waals surface area (Å²) in [5.74, 6) is 0.406. The third-order valence-corrected chi connectivity index (χ3v) is 2.55. The quantitative estimate of drug-likeness (QED) is 0.775. The molecule has 1 rings (SSSR count). The molecule has 0 saturated carbocycles. The first kappa shape index (κ1) is 16.3. The van der Waals surface area contributed by atoms with Gasteiger partial charge >= 0.3 is 12.1 Å². The Bertz CT molecular complexity index is 388. The van der Waals surface area contributed by atoms with Crippen LogP contribution in [0, 0.1) is 0 Å². The van der Waals surface area contributed by atoms with E-state index in [0.717, 1.165) is 0 Å². The van der Waals surface area contributed by atoms with Crippen molar-refractivity contribution in [2.45, 2.75) is 32.8 Å². The molecule has 0 aromatic carbocycles. The van der Waals surface area contributed by atoms with Crippen LogP contribution in [0.3, 0.4) is 0 Å². The Morgan fingerprint density at radius 3 is 2.70 bits per heavy atom. The monoisotopic (exact) mass is 285 g/mol. The van der Waals surface area contributed by atoms with Crippen molar-refractivity contribution < 1.29 is 19.1 Å². The molecular formula is C13H23N3O4. The van der Waals surface area contributed by atoms with Crippen molar-refractivity contribution in [3.05, 3.63) is 0 Å². The second-order valence-corrected chi connectivity index (χ2v) is 5.48. The zero-order valence-electron chi connectivity index (χ0n) is 12.6. The van der Waals surface area contributed by atoms with E-state index in [1.807, 2.05) is 20.8 Å². The van der Waals surface area contributed by atoms with Gasteiger partial charge in [0.05, 0.1) is 26.6 Å². The number of amidine groups is 1. The number of nitrogens with zero attached hydrogens (tertiary/aromatic N) is 2. The van der Waals surface area contributed by atoms with Crippen molar-refractivity contribution in [3.63, 3.8) is 0 Å². The molecule has 0 spiro atoms. The summed E-state index contributed by atoms with van der Waals surface area (Å²) in [6.07, 6.45) is -0.0817. The zero-order valence-corrected chi connectivity index (χ0v) is 12.6. The summed E-state index contributed by atoms with van der Waals surface area (Å²) in [7, 11) is 1.35. The normalized spacial score (nSPS) is 15.4. The molecule has 0 aromatic rings. The first-order valence-electron chi connectivity index (χ1n) is 6.64. The number of carbonyl (C=O) groups is 2. The minimum Gasteiger partial charge on any atom is -0.469 e. The molecule has 0 bridgehead atoms. The Kier molecular flexibility index (Phi) is 5.79. The van der Waals surface area contributed by atoms with Gasteiger partial charge in [-0.15, -0.1) is 0 Å². The highest BCUT2D eigenvalue weighted by atomic mass is 16.6. The van der Waals surface area contributed by atoms with Gasteiger partial charge in [-0.05, 0) is 20.8 Å². The van der Waals surface area contributed by atoms with Crippen LogP contribution in [-0.4, -0.2) is 61.7 Å². The third-order valence-electron chi connectivity index (χ3n) is 2.55. The third kappa shape index (κ3) is 5.90. The van der Waals surface area contributed by atoms with E-state index < -0.39 is 5.60 Å². The predicted octanol–water partition coefficient (Wildman–Crippen LogP) is 0.788. The predicted molar refractivity (Wildman–Crippen MR) is 74.7 cm³/mol. The number of carbonyl (C=O) groups excluding carboxylic acids is 2. The molecule has 0 unspecified atom stereocenters. The van der Waals surface area contributed by atoms with Crippen LogP contribution in [0.2, 0.25) is 0 Å². The van der Waals surface area contributed by atoms with Gasteiger partial charge in [-0.25, -0.2) is 4.79 Å². The van der Waals surface area contributed by atoms with E-state index in [2.05, 4.69) is 15.0 Å². The van der Waals surface area contributed by atoms with E-state index in [1.165, 1.54) is 7.11 Å². The molecule has 1 aliphatic rings. The lowest BCUT2D eigenvalue weighted by Crippen LogP contribution is -2.47. The topological polar surface area (TPSA) is 80.2 Å². The Hall–Kier alpha value is -1.79. The fraction of sp³-hybridized carbons (Fsp3) is 0.769. The number of methoxy groups -OCH3 is 1. The van der Waals surface area contributed by atoms with Crippen molar-refractivity contribution >= 4 is 17.9 Å². The molecule has 20 heavy (non-hydrogen) atoms. The van der Waals surface area contributed by atoms with Crippen LogP contribution in [0.4, 0.5) is 4.79 Å². The molecule has 0 fully saturated rings. The number of rotatable bonds is 3. The fourth-order valence-electron chi connectivity index (χ4n) is 1.62. The van der Waals surface area contributed by atoms with E-state index in [0.29, 0.717) is 32.0 Å². The van der Waals surface area contributed by atoms with Gasteiger partial charge in [0.15, 0.2) is 0 Å². The van der Waals surface area contributed by atoms with Gasteiger partial charge in [-0.2, -0.15) is 0 Å². The molecule has 1 aliphatic heterocycles. The highest BCUT2D eigenvalue weighted by Gasteiger charge is 2.24. The van der Waals surface area contributed by atoms with E-state index in [-0.39, 0.29) is 18.5 Å². The number of ether oxygens (including phenoxy) is 2. The van der Waals surface area contributed by atoms with Crippen LogP contribution in [-0.2, 0) is 14.3 Å². The van der Waals surface area contributed by atoms with Crippen molar-refractivity contribution in [2.24, 2.45) is 4.99 Å². The van der Waals surface area contributed by atoms with Gasteiger partial charge in [0, 0.05) is 13.1 Å². The van der Waals surface area contributed by atoms with Crippen molar-refractivity contribution in [3.8, 4) is 0 Å². The summed E-state index contributed by atoms with van der Waals surface area (Å²) in [6.45, 7) is 7.37. The molecule has 1 N–H and O–H groups in total. The second-order valence-electron chi connectivity index (χ2n) is 5.48. The number of hydrogen-bond acceptors (Lipinski definition) is 6. The average Bonchev–Trinajstić information content (AvgIpc) is 2.37. The molecule has 0 radical (unpaired) electrons. The molecule has 7 heteroatoms. The minimum atomic E-state index is -0.510. The molecule has 114 valence electrons. The van der Waals surface area contributed by atoms with Gasteiger partial charge < -0.3 is 14.8 Å². The molecule has 0 saturated heterocycles. The first-order chi connectivity index (χ1) is 9.31. The number of aliphatic imine (C=N–C) groups is 1. The second kappa shape index (κ2) is 7.12. The maximum absolute atomic E-state index is 11.9. The van der Waals surface area contributed by atoms with E-state index in [1.54, 1.807) is 4.90 Å². The Morgan fingerprint density at radius 1 is 1.40 bits per heavy atom. The highest BCUT2D eigenvalue weighted by molar-refractivity contribution is 5.88. The van der Waals surface area contributed by atoms with Crippen LogP contribution >= 0.6 is 0 Å². The van der Waals surface area contributed by atoms with E-state index >= 15 is 0 Å². The highest BCUT2D eigenvalue weighted by Crippen LogP contribution is 2.10.